The van der Waals surface area contributed by atoms with Crippen LogP contribution in [0.2, 0.25) is 0 Å². The number of benzene rings is 1. The first-order valence-electron chi connectivity index (χ1n) is 5.22. The SMILES string of the molecule is CC(C)C[CH]COCc1ccccc1. The Kier molecular flexibility index (Phi) is 5.31. The molecule has 0 heterocycles. The smallest absolute Gasteiger partial charge is 0.0717 e. The van der Waals surface area contributed by atoms with Crippen molar-refractivity contribution < 1.29 is 4.74 Å². The molecule has 0 aliphatic heterocycles. The van der Waals surface area contributed by atoms with Crippen molar-refractivity contribution in [3.05, 3.63) is 42.3 Å². The van der Waals surface area contributed by atoms with Gasteiger partial charge >= 0.3 is 0 Å². The third-order valence-corrected chi connectivity index (χ3v) is 1.99. The fraction of sp³-hybridized carbons (Fsp3) is 0.462. The van der Waals surface area contributed by atoms with E-state index >= 15 is 0 Å². The third-order valence-electron chi connectivity index (χ3n) is 1.99. The zero-order valence-electron chi connectivity index (χ0n) is 9.07. The predicted octanol–water partition coefficient (Wildman–Crippen LogP) is 3.45. The van der Waals surface area contributed by atoms with Crippen molar-refractivity contribution in [1.29, 1.82) is 0 Å². The topological polar surface area (TPSA) is 9.23 Å². The number of hydrogen-bond acceptors (Lipinski definition) is 1. The third kappa shape index (κ3) is 5.03. The van der Waals surface area contributed by atoms with Crippen molar-refractivity contribution in [2.75, 3.05) is 6.61 Å². The molecule has 0 spiro atoms. The van der Waals surface area contributed by atoms with Gasteiger partial charge in [0.1, 0.15) is 0 Å². The molecule has 1 aromatic rings. The van der Waals surface area contributed by atoms with Gasteiger partial charge in [-0.25, -0.2) is 0 Å². The molecule has 1 heteroatoms. The molecule has 0 saturated carbocycles. The Bertz CT molecular complexity index is 228. The quantitative estimate of drug-likeness (QED) is 0.626. The van der Waals surface area contributed by atoms with Gasteiger partial charge in [-0.3, -0.25) is 0 Å². The maximum absolute atomic E-state index is 5.51. The molecule has 0 bridgehead atoms. The summed E-state index contributed by atoms with van der Waals surface area (Å²) in [6.45, 7) is 5.91. The molecule has 0 fully saturated rings. The summed E-state index contributed by atoms with van der Waals surface area (Å²) in [5.74, 6) is 0.732. The predicted molar refractivity (Wildman–Crippen MR) is 59.9 cm³/mol. The lowest BCUT2D eigenvalue weighted by molar-refractivity contribution is 0.137. The van der Waals surface area contributed by atoms with Gasteiger partial charge in [0.2, 0.25) is 0 Å². The minimum atomic E-state index is 0.718. The molecule has 0 N–H and O–H groups in total. The van der Waals surface area contributed by atoms with Crippen LogP contribution >= 0.6 is 0 Å². The summed E-state index contributed by atoms with van der Waals surface area (Å²) >= 11 is 0. The zero-order valence-corrected chi connectivity index (χ0v) is 9.07. The van der Waals surface area contributed by atoms with E-state index in [1.54, 1.807) is 0 Å². The van der Waals surface area contributed by atoms with E-state index in [0.29, 0.717) is 0 Å². The van der Waals surface area contributed by atoms with Gasteiger partial charge in [-0.1, -0.05) is 44.2 Å². The van der Waals surface area contributed by atoms with Crippen molar-refractivity contribution in [2.45, 2.75) is 26.9 Å². The molecule has 1 rings (SSSR count). The van der Waals surface area contributed by atoms with E-state index in [9.17, 15) is 0 Å². The van der Waals surface area contributed by atoms with Gasteiger partial charge in [0, 0.05) is 0 Å². The molecule has 1 radical (unpaired) electrons. The summed E-state index contributed by atoms with van der Waals surface area (Å²) in [5.41, 5.74) is 1.24. The van der Waals surface area contributed by atoms with Crippen LogP contribution in [0.5, 0.6) is 0 Å². The first kappa shape index (κ1) is 11.3. The van der Waals surface area contributed by atoms with Crippen LogP contribution in [0, 0.1) is 12.3 Å². The van der Waals surface area contributed by atoms with E-state index in [0.717, 1.165) is 25.6 Å². The molecule has 0 aliphatic rings. The molecule has 77 valence electrons. The van der Waals surface area contributed by atoms with Crippen LogP contribution in [0.3, 0.4) is 0 Å². The minimum Gasteiger partial charge on any atom is -0.376 e. The minimum absolute atomic E-state index is 0.718. The van der Waals surface area contributed by atoms with Gasteiger partial charge < -0.3 is 4.74 Å². The normalized spacial score (nSPS) is 10.8. The molecule has 14 heavy (non-hydrogen) atoms. The van der Waals surface area contributed by atoms with E-state index in [2.05, 4.69) is 32.4 Å². The van der Waals surface area contributed by atoms with E-state index in [-0.39, 0.29) is 0 Å². The summed E-state index contributed by atoms with van der Waals surface area (Å²) in [7, 11) is 0. The van der Waals surface area contributed by atoms with Gasteiger partial charge in [-0.15, -0.1) is 0 Å². The highest BCUT2D eigenvalue weighted by Gasteiger charge is 1.95. The van der Waals surface area contributed by atoms with Crippen LogP contribution in [0.25, 0.3) is 0 Å². The van der Waals surface area contributed by atoms with Crippen LogP contribution < -0.4 is 0 Å². The van der Waals surface area contributed by atoms with Crippen molar-refractivity contribution in [2.24, 2.45) is 5.92 Å². The van der Waals surface area contributed by atoms with Gasteiger partial charge in [0.25, 0.3) is 0 Å². The molecule has 0 aromatic heterocycles. The lowest BCUT2D eigenvalue weighted by Gasteiger charge is -2.05. The van der Waals surface area contributed by atoms with E-state index < -0.39 is 0 Å². The highest BCUT2D eigenvalue weighted by Crippen LogP contribution is 2.04. The molecule has 0 aliphatic carbocycles. The first-order chi connectivity index (χ1) is 6.79. The molecule has 0 atom stereocenters. The highest BCUT2D eigenvalue weighted by molar-refractivity contribution is 5.13. The first-order valence-corrected chi connectivity index (χ1v) is 5.22. The second-order valence-electron chi connectivity index (χ2n) is 3.92. The Morgan fingerprint density at radius 2 is 1.93 bits per heavy atom. The number of rotatable bonds is 6. The molecule has 0 saturated heterocycles. The molecular weight excluding hydrogens is 172 g/mol. The van der Waals surface area contributed by atoms with E-state index in [1.807, 2.05) is 18.2 Å². The van der Waals surface area contributed by atoms with Gasteiger partial charge in [-0.05, 0) is 24.3 Å². The molecule has 0 amide bonds. The zero-order chi connectivity index (χ0) is 10.2. The summed E-state index contributed by atoms with van der Waals surface area (Å²) in [5, 5.41) is 0. The van der Waals surface area contributed by atoms with Crippen LogP contribution in [0.15, 0.2) is 30.3 Å². The number of ether oxygens (including phenoxy) is 1. The maximum atomic E-state index is 5.51. The summed E-state index contributed by atoms with van der Waals surface area (Å²) < 4.78 is 5.51. The molecule has 0 unspecified atom stereocenters. The van der Waals surface area contributed by atoms with Crippen LogP contribution in [0.4, 0.5) is 0 Å². The Labute approximate surface area is 87.1 Å². The van der Waals surface area contributed by atoms with Crippen molar-refractivity contribution in [3.63, 3.8) is 0 Å². The summed E-state index contributed by atoms with van der Waals surface area (Å²) in [6.07, 6.45) is 3.34. The lowest BCUT2D eigenvalue weighted by Crippen LogP contribution is -1.98. The lowest BCUT2D eigenvalue weighted by atomic mass is 10.1. The van der Waals surface area contributed by atoms with Gasteiger partial charge in [0.05, 0.1) is 13.2 Å². The fourth-order valence-electron chi connectivity index (χ4n) is 1.24. The van der Waals surface area contributed by atoms with Crippen LogP contribution in [-0.2, 0) is 11.3 Å². The van der Waals surface area contributed by atoms with Crippen molar-refractivity contribution in [1.82, 2.24) is 0 Å². The standard InChI is InChI=1S/C13H19O/c1-12(2)7-6-10-14-11-13-8-4-3-5-9-13/h3-6,8-9,12H,7,10-11H2,1-2H3. The van der Waals surface area contributed by atoms with E-state index in [4.69, 9.17) is 4.74 Å². The van der Waals surface area contributed by atoms with Crippen LogP contribution in [-0.4, -0.2) is 6.61 Å². The number of hydrogen-bond donors (Lipinski definition) is 0. The average Bonchev–Trinajstić information content (AvgIpc) is 2.18. The van der Waals surface area contributed by atoms with Crippen molar-refractivity contribution >= 4 is 0 Å². The Balaban J connectivity index is 2.05. The average molecular weight is 191 g/mol. The highest BCUT2D eigenvalue weighted by atomic mass is 16.5. The second-order valence-corrected chi connectivity index (χ2v) is 3.92. The second kappa shape index (κ2) is 6.61. The Morgan fingerprint density at radius 1 is 1.21 bits per heavy atom. The molecule has 1 aromatic carbocycles. The monoisotopic (exact) mass is 191 g/mol. The summed E-state index contributed by atoms with van der Waals surface area (Å²) in [6, 6.07) is 10.3. The fourth-order valence-corrected chi connectivity index (χ4v) is 1.24. The Morgan fingerprint density at radius 3 is 2.57 bits per heavy atom. The van der Waals surface area contributed by atoms with Gasteiger partial charge in [-0.2, -0.15) is 0 Å². The molecule has 1 nitrogen and oxygen atoms in total. The Hall–Kier alpha value is -0.820. The summed E-state index contributed by atoms with van der Waals surface area (Å²) in [4.78, 5) is 0. The van der Waals surface area contributed by atoms with Crippen LogP contribution in [0.1, 0.15) is 25.8 Å². The molecular formula is C13H19O. The van der Waals surface area contributed by atoms with E-state index in [1.165, 1.54) is 5.56 Å². The van der Waals surface area contributed by atoms with Crippen molar-refractivity contribution in [3.8, 4) is 0 Å². The van der Waals surface area contributed by atoms with Gasteiger partial charge in [0.15, 0.2) is 0 Å². The largest absolute Gasteiger partial charge is 0.376 e. The maximum Gasteiger partial charge on any atom is 0.0717 e.